The van der Waals surface area contributed by atoms with Gasteiger partial charge in [0.1, 0.15) is 11.5 Å². The van der Waals surface area contributed by atoms with E-state index in [4.69, 9.17) is 11.6 Å². The van der Waals surface area contributed by atoms with Crippen LogP contribution in [0.4, 0.5) is 17.6 Å². The highest BCUT2D eigenvalue weighted by atomic mass is 35.5. The maximum atomic E-state index is 13.9. The van der Waals surface area contributed by atoms with Gasteiger partial charge < -0.3 is 4.90 Å². The van der Waals surface area contributed by atoms with Crippen LogP contribution < -0.4 is 0 Å². The van der Waals surface area contributed by atoms with Crippen LogP contribution in [-0.2, 0) is 12.7 Å². The van der Waals surface area contributed by atoms with Gasteiger partial charge in [-0.15, -0.1) is 0 Å². The van der Waals surface area contributed by atoms with E-state index in [1.165, 1.54) is 12.1 Å². The van der Waals surface area contributed by atoms with Gasteiger partial charge in [0.15, 0.2) is 0 Å². The molecule has 0 N–H and O–H groups in total. The number of hydrogen-bond acceptors (Lipinski definition) is 3. The normalized spacial score (nSPS) is 15.8. The van der Waals surface area contributed by atoms with Crippen molar-refractivity contribution in [2.45, 2.75) is 12.7 Å². The summed E-state index contributed by atoms with van der Waals surface area (Å²) in [6.07, 6.45) is -3.60. The fourth-order valence-corrected chi connectivity index (χ4v) is 3.11. The summed E-state index contributed by atoms with van der Waals surface area (Å²) >= 11 is 6.03. The molecule has 1 aliphatic rings. The van der Waals surface area contributed by atoms with Gasteiger partial charge in [-0.05, 0) is 24.3 Å². The largest absolute Gasteiger partial charge is 0.433 e. The predicted octanol–water partition coefficient (Wildman–Crippen LogP) is 3.85. The minimum atomic E-state index is -4.54. The number of aromatic nitrogens is 1. The summed E-state index contributed by atoms with van der Waals surface area (Å²) < 4.78 is 51.5. The molecular weight excluding hydrogens is 386 g/mol. The molecule has 1 amide bonds. The molecule has 144 valence electrons. The van der Waals surface area contributed by atoms with Gasteiger partial charge in [-0.25, -0.2) is 4.39 Å². The molecule has 27 heavy (non-hydrogen) atoms. The second kappa shape index (κ2) is 7.82. The van der Waals surface area contributed by atoms with Crippen molar-refractivity contribution in [2.24, 2.45) is 0 Å². The second-order valence-corrected chi connectivity index (χ2v) is 6.61. The highest BCUT2D eigenvalue weighted by molar-refractivity contribution is 6.31. The summed E-state index contributed by atoms with van der Waals surface area (Å²) in [5.41, 5.74) is -0.523. The van der Waals surface area contributed by atoms with Crippen molar-refractivity contribution in [1.82, 2.24) is 14.8 Å². The van der Waals surface area contributed by atoms with Crippen molar-refractivity contribution in [2.75, 3.05) is 26.2 Å². The van der Waals surface area contributed by atoms with Crippen molar-refractivity contribution < 1.29 is 22.4 Å². The molecule has 1 aromatic heterocycles. The molecule has 9 heteroatoms. The first kappa shape index (κ1) is 19.6. The van der Waals surface area contributed by atoms with E-state index in [0.29, 0.717) is 43.3 Å². The fourth-order valence-electron chi connectivity index (χ4n) is 2.89. The van der Waals surface area contributed by atoms with Crippen molar-refractivity contribution in [3.8, 4) is 0 Å². The van der Waals surface area contributed by atoms with Crippen LogP contribution in [0.2, 0.25) is 5.02 Å². The molecule has 0 radical (unpaired) electrons. The quantitative estimate of drug-likeness (QED) is 0.733. The van der Waals surface area contributed by atoms with E-state index in [2.05, 4.69) is 4.98 Å². The average Bonchev–Trinajstić information content (AvgIpc) is 2.64. The van der Waals surface area contributed by atoms with Crippen molar-refractivity contribution in [1.29, 1.82) is 0 Å². The Morgan fingerprint density at radius 1 is 1.11 bits per heavy atom. The lowest BCUT2D eigenvalue weighted by Crippen LogP contribution is -2.48. The molecule has 0 bridgehead atoms. The van der Waals surface area contributed by atoms with Crippen molar-refractivity contribution >= 4 is 17.5 Å². The van der Waals surface area contributed by atoms with Crippen LogP contribution in [-0.4, -0.2) is 46.9 Å². The molecule has 0 unspecified atom stereocenters. The van der Waals surface area contributed by atoms with Crippen molar-refractivity contribution in [3.63, 3.8) is 0 Å². The van der Waals surface area contributed by atoms with E-state index in [1.54, 1.807) is 11.0 Å². The second-order valence-electron chi connectivity index (χ2n) is 6.20. The Morgan fingerprint density at radius 3 is 2.37 bits per heavy atom. The standard InChI is InChI=1S/C18H16ClF4N3O/c19-14-2-1-3-15(20)13(14)11-25-6-8-26(9-7-25)17(27)12-4-5-16(24-10-12)18(21,22)23/h1-5,10H,6-9,11H2. The van der Waals surface area contributed by atoms with E-state index >= 15 is 0 Å². The number of pyridine rings is 1. The zero-order valence-corrected chi connectivity index (χ0v) is 14.9. The number of amides is 1. The van der Waals surface area contributed by atoms with Crippen LogP contribution in [0.5, 0.6) is 0 Å². The molecule has 2 heterocycles. The summed E-state index contributed by atoms with van der Waals surface area (Å²) in [5.74, 6) is -0.753. The maximum absolute atomic E-state index is 13.9. The number of carbonyl (C=O) groups is 1. The fraction of sp³-hybridized carbons (Fsp3) is 0.333. The minimum Gasteiger partial charge on any atom is -0.336 e. The van der Waals surface area contributed by atoms with Crippen molar-refractivity contribution in [3.05, 3.63) is 64.2 Å². The SMILES string of the molecule is O=C(c1ccc(C(F)(F)F)nc1)N1CCN(Cc2c(F)cccc2Cl)CC1. The van der Waals surface area contributed by atoms with Crippen LogP contribution in [0, 0.1) is 5.82 Å². The summed E-state index contributed by atoms with van der Waals surface area (Å²) in [5, 5.41) is 0.351. The molecule has 0 saturated carbocycles. The molecule has 4 nitrogen and oxygen atoms in total. The zero-order valence-electron chi connectivity index (χ0n) is 14.1. The monoisotopic (exact) mass is 401 g/mol. The van der Waals surface area contributed by atoms with Gasteiger partial charge in [0.05, 0.1) is 5.56 Å². The first-order chi connectivity index (χ1) is 12.8. The summed E-state index contributed by atoms with van der Waals surface area (Å²) in [6.45, 7) is 2.10. The lowest BCUT2D eigenvalue weighted by Gasteiger charge is -2.35. The highest BCUT2D eigenvalue weighted by Gasteiger charge is 2.32. The molecule has 0 aliphatic carbocycles. The lowest BCUT2D eigenvalue weighted by atomic mass is 10.1. The summed E-state index contributed by atoms with van der Waals surface area (Å²) in [6, 6.07) is 6.43. The van der Waals surface area contributed by atoms with Gasteiger partial charge in [-0.2, -0.15) is 13.2 Å². The summed E-state index contributed by atoms with van der Waals surface area (Å²) in [7, 11) is 0. The number of hydrogen-bond donors (Lipinski definition) is 0. The molecule has 1 aliphatic heterocycles. The zero-order chi connectivity index (χ0) is 19.6. The number of rotatable bonds is 3. The third-order valence-electron chi connectivity index (χ3n) is 4.40. The predicted molar refractivity (Wildman–Crippen MR) is 91.8 cm³/mol. The van der Waals surface area contributed by atoms with Gasteiger partial charge in [-0.3, -0.25) is 14.7 Å². The topological polar surface area (TPSA) is 36.4 Å². The molecule has 1 saturated heterocycles. The average molecular weight is 402 g/mol. The van der Waals surface area contributed by atoms with E-state index in [0.717, 1.165) is 18.3 Å². The molecule has 0 spiro atoms. The number of benzene rings is 1. The number of piperazine rings is 1. The molecule has 1 fully saturated rings. The van der Waals surface area contributed by atoms with Crippen LogP contribution in [0.1, 0.15) is 21.6 Å². The lowest BCUT2D eigenvalue weighted by molar-refractivity contribution is -0.141. The first-order valence-corrected chi connectivity index (χ1v) is 8.61. The third-order valence-corrected chi connectivity index (χ3v) is 4.76. The van der Waals surface area contributed by atoms with Crippen LogP contribution in [0.15, 0.2) is 36.5 Å². The Balaban J connectivity index is 1.59. The molecule has 3 rings (SSSR count). The van der Waals surface area contributed by atoms with E-state index in [1.807, 2.05) is 4.90 Å². The van der Waals surface area contributed by atoms with Gasteiger partial charge in [-0.1, -0.05) is 17.7 Å². The number of halogens is 5. The molecular formula is C18H16ClF4N3O. The molecule has 0 atom stereocenters. The first-order valence-electron chi connectivity index (χ1n) is 8.23. The van der Waals surface area contributed by atoms with Gasteiger partial charge in [0, 0.05) is 49.5 Å². The number of nitrogens with zero attached hydrogens (tertiary/aromatic N) is 3. The Hall–Kier alpha value is -2.19. The maximum Gasteiger partial charge on any atom is 0.433 e. The highest BCUT2D eigenvalue weighted by Crippen LogP contribution is 2.27. The Labute approximate surface area is 158 Å². The van der Waals surface area contributed by atoms with E-state index in [-0.39, 0.29) is 17.3 Å². The van der Waals surface area contributed by atoms with E-state index < -0.39 is 11.9 Å². The minimum absolute atomic E-state index is 0.105. The Bertz CT molecular complexity index is 798. The molecule has 2 aromatic rings. The van der Waals surface area contributed by atoms with Crippen LogP contribution >= 0.6 is 11.6 Å². The van der Waals surface area contributed by atoms with Gasteiger partial charge in [0.25, 0.3) is 5.91 Å². The van der Waals surface area contributed by atoms with Gasteiger partial charge in [0.2, 0.25) is 0 Å². The Morgan fingerprint density at radius 2 is 1.81 bits per heavy atom. The third kappa shape index (κ3) is 4.56. The summed E-state index contributed by atoms with van der Waals surface area (Å²) in [4.78, 5) is 19.3. The Kier molecular flexibility index (Phi) is 5.67. The number of alkyl halides is 3. The van der Waals surface area contributed by atoms with E-state index in [9.17, 15) is 22.4 Å². The van der Waals surface area contributed by atoms with Crippen LogP contribution in [0.25, 0.3) is 0 Å². The number of carbonyl (C=O) groups excluding carboxylic acids is 1. The van der Waals surface area contributed by atoms with Gasteiger partial charge >= 0.3 is 6.18 Å². The molecule has 1 aromatic carbocycles. The van der Waals surface area contributed by atoms with Crippen LogP contribution in [0.3, 0.4) is 0 Å². The smallest absolute Gasteiger partial charge is 0.336 e.